The highest BCUT2D eigenvalue weighted by molar-refractivity contribution is 5.49. The van der Waals surface area contributed by atoms with Crippen LogP contribution < -0.4 is 5.56 Å². The number of hydrogen-bond donors (Lipinski definition) is 1. The van der Waals surface area contributed by atoms with Crippen LogP contribution in [0, 0.1) is 5.82 Å². The number of rotatable bonds is 2. The monoisotopic (exact) mass is 233 g/mol. The van der Waals surface area contributed by atoms with E-state index >= 15 is 0 Å². The number of aromatic nitrogens is 3. The summed E-state index contributed by atoms with van der Waals surface area (Å²) in [6.07, 6.45) is 2.92. The van der Waals surface area contributed by atoms with Crippen molar-refractivity contribution in [2.45, 2.75) is 19.8 Å². The second kappa shape index (κ2) is 4.45. The summed E-state index contributed by atoms with van der Waals surface area (Å²) in [6.45, 7) is 3.79. The van der Waals surface area contributed by atoms with Crippen molar-refractivity contribution in [3.8, 4) is 11.5 Å². The third-order valence-corrected chi connectivity index (χ3v) is 2.43. The van der Waals surface area contributed by atoms with Gasteiger partial charge in [-0.25, -0.2) is 14.4 Å². The Morgan fingerprint density at radius 2 is 2.12 bits per heavy atom. The van der Waals surface area contributed by atoms with Crippen molar-refractivity contribution in [2.24, 2.45) is 0 Å². The minimum Gasteiger partial charge on any atom is -0.305 e. The molecular weight excluding hydrogens is 221 g/mol. The second-order valence-electron chi connectivity index (χ2n) is 4.00. The van der Waals surface area contributed by atoms with Gasteiger partial charge in [0.2, 0.25) is 0 Å². The number of nitrogens with one attached hydrogen (secondary N) is 1. The van der Waals surface area contributed by atoms with E-state index in [0.29, 0.717) is 5.56 Å². The molecule has 0 amide bonds. The fraction of sp³-hybridized carbons (Fsp3) is 0.250. The molecule has 0 saturated carbocycles. The maximum Gasteiger partial charge on any atom is 0.254 e. The Hall–Kier alpha value is -2.04. The van der Waals surface area contributed by atoms with E-state index in [9.17, 15) is 9.18 Å². The smallest absolute Gasteiger partial charge is 0.254 e. The van der Waals surface area contributed by atoms with Gasteiger partial charge in [-0.2, -0.15) is 0 Å². The van der Waals surface area contributed by atoms with Crippen LogP contribution in [0.15, 0.2) is 29.3 Å². The molecule has 0 spiro atoms. The Morgan fingerprint density at radius 1 is 1.35 bits per heavy atom. The molecule has 0 saturated heterocycles. The molecule has 5 heteroatoms. The van der Waals surface area contributed by atoms with Gasteiger partial charge in [-0.1, -0.05) is 13.8 Å². The third kappa shape index (κ3) is 2.22. The first-order valence-electron chi connectivity index (χ1n) is 5.29. The number of nitrogens with zero attached hydrogens (tertiary/aromatic N) is 2. The first kappa shape index (κ1) is 11.4. The first-order valence-corrected chi connectivity index (χ1v) is 5.29. The molecule has 0 radical (unpaired) electrons. The lowest BCUT2D eigenvalue weighted by Crippen LogP contribution is -2.16. The van der Waals surface area contributed by atoms with Gasteiger partial charge in [0.25, 0.3) is 5.56 Å². The maximum absolute atomic E-state index is 13.4. The van der Waals surface area contributed by atoms with E-state index in [1.807, 2.05) is 13.8 Å². The van der Waals surface area contributed by atoms with Gasteiger partial charge in [-0.3, -0.25) is 4.79 Å². The standard InChI is InChI=1S/C12H12FN3O/c1-7(2)8-6-15-11(16-12(8)17)10-9(13)4-3-5-14-10/h3-7H,1-2H3,(H,15,16,17). The number of pyridine rings is 1. The number of halogens is 1. The molecule has 2 heterocycles. The minimum atomic E-state index is -0.507. The summed E-state index contributed by atoms with van der Waals surface area (Å²) in [7, 11) is 0. The van der Waals surface area contributed by atoms with Gasteiger partial charge in [-0.05, 0) is 18.1 Å². The highest BCUT2D eigenvalue weighted by Gasteiger charge is 2.11. The van der Waals surface area contributed by atoms with Crippen LogP contribution in [0.1, 0.15) is 25.3 Å². The van der Waals surface area contributed by atoms with Gasteiger partial charge in [0.05, 0.1) is 0 Å². The lowest BCUT2D eigenvalue weighted by Gasteiger charge is -2.05. The zero-order chi connectivity index (χ0) is 12.4. The van der Waals surface area contributed by atoms with Gasteiger partial charge in [-0.15, -0.1) is 0 Å². The Labute approximate surface area is 97.6 Å². The predicted molar refractivity (Wildman–Crippen MR) is 62.1 cm³/mol. The lowest BCUT2D eigenvalue weighted by molar-refractivity contribution is 0.623. The van der Waals surface area contributed by atoms with E-state index < -0.39 is 5.82 Å². The van der Waals surface area contributed by atoms with Crippen LogP contribution in [0.25, 0.3) is 11.5 Å². The molecule has 0 aromatic carbocycles. The first-order chi connectivity index (χ1) is 8.09. The maximum atomic E-state index is 13.4. The molecule has 0 aliphatic rings. The summed E-state index contributed by atoms with van der Waals surface area (Å²) in [5, 5.41) is 0. The van der Waals surface area contributed by atoms with Crippen molar-refractivity contribution in [3.63, 3.8) is 0 Å². The number of H-pyrrole nitrogens is 1. The average Bonchev–Trinajstić information content (AvgIpc) is 2.29. The normalized spacial score (nSPS) is 10.8. The van der Waals surface area contributed by atoms with Gasteiger partial charge in [0.1, 0.15) is 5.69 Å². The number of hydrogen-bond acceptors (Lipinski definition) is 3. The van der Waals surface area contributed by atoms with Gasteiger partial charge < -0.3 is 4.98 Å². The molecule has 0 atom stereocenters. The van der Waals surface area contributed by atoms with Crippen LogP contribution in [0.4, 0.5) is 4.39 Å². The molecule has 4 nitrogen and oxygen atoms in total. The Morgan fingerprint density at radius 3 is 2.71 bits per heavy atom. The van der Waals surface area contributed by atoms with Crippen molar-refractivity contribution >= 4 is 0 Å². The SMILES string of the molecule is CC(C)c1cnc(-c2ncccc2F)[nH]c1=O. The molecule has 0 aliphatic carbocycles. The third-order valence-electron chi connectivity index (χ3n) is 2.43. The lowest BCUT2D eigenvalue weighted by atomic mass is 10.1. The van der Waals surface area contributed by atoms with E-state index in [1.54, 1.807) is 0 Å². The molecule has 17 heavy (non-hydrogen) atoms. The zero-order valence-corrected chi connectivity index (χ0v) is 9.57. The van der Waals surface area contributed by atoms with Crippen LogP contribution in [0.5, 0.6) is 0 Å². The molecule has 88 valence electrons. The molecule has 2 rings (SSSR count). The van der Waals surface area contributed by atoms with Gasteiger partial charge in [0.15, 0.2) is 11.6 Å². The molecular formula is C12H12FN3O. The summed E-state index contributed by atoms with van der Waals surface area (Å²) in [5.74, 6) is -0.278. The van der Waals surface area contributed by atoms with E-state index in [2.05, 4.69) is 15.0 Å². The number of aromatic amines is 1. The molecule has 0 bridgehead atoms. The van der Waals surface area contributed by atoms with E-state index in [-0.39, 0.29) is 23.0 Å². The van der Waals surface area contributed by atoms with Crippen molar-refractivity contribution in [1.29, 1.82) is 0 Å². The summed E-state index contributed by atoms with van der Waals surface area (Å²) >= 11 is 0. The average molecular weight is 233 g/mol. The molecule has 2 aromatic rings. The summed E-state index contributed by atoms with van der Waals surface area (Å²) < 4.78 is 13.4. The van der Waals surface area contributed by atoms with Crippen LogP contribution in [-0.4, -0.2) is 15.0 Å². The van der Waals surface area contributed by atoms with Crippen molar-refractivity contribution in [2.75, 3.05) is 0 Å². The van der Waals surface area contributed by atoms with Crippen molar-refractivity contribution in [3.05, 3.63) is 46.3 Å². The molecule has 0 fully saturated rings. The summed E-state index contributed by atoms with van der Waals surface area (Å²) in [5.41, 5.74) is 0.375. The van der Waals surface area contributed by atoms with E-state index in [0.717, 1.165) is 0 Å². The predicted octanol–water partition coefficient (Wildman–Crippen LogP) is 2.09. The van der Waals surface area contributed by atoms with Crippen LogP contribution in [-0.2, 0) is 0 Å². The fourth-order valence-corrected chi connectivity index (χ4v) is 1.50. The highest BCUT2D eigenvalue weighted by atomic mass is 19.1. The van der Waals surface area contributed by atoms with Gasteiger partial charge >= 0.3 is 0 Å². The van der Waals surface area contributed by atoms with Gasteiger partial charge in [0, 0.05) is 18.0 Å². The largest absolute Gasteiger partial charge is 0.305 e. The second-order valence-corrected chi connectivity index (χ2v) is 4.00. The molecule has 1 N–H and O–H groups in total. The molecule has 2 aromatic heterocycles. The van der Waals surface area contributed by atoms with Crippen LogP contribution in [0.2, 0.25) is 0 Å². The summed E-state index contributed by atoms with van der Waals surface area (Å²) in [4.78, 5) is 22.2. The van der Waals surface area contributed by atoms with E-state index in [1.165, 1.54) is 24.5 Å². The Balaban J connectivity index is 2.53. The Kier molecular flexibility index (Phi) is 2.99. The van der Waals surface area contributed by atoms with Crippen molar-refractivity contribution in [1.82, 2.24) is 15.0 Å². The molecule has 0 aliphatic heterocycles. The highest BCUT2D eigenvalue weighted by Crippen LogP contribution is 2.15. The zero-order valence-electron chi connectivity index (χ0n) is 9.57. The van der Waals surface area contributed by atoms with Crippen LogP contribution in [0.3, 0.4) is 0 Å². The fourth-order valence-electron chi connectivity index (χ4n) is 1.50. The Bertz CT molecular complexity index is 592. The van der Waals surface area contributed by atoms with Crippen LogP contribution >= 0.6 is 0 Å². The molecule has 0 unspecified atom stereocenters. The minimum absolute atomic E-state index is 0.0555. The summed E-state index contributed by atoms with van der Waals surface area (Å²) in [6, 6.07) is 2.76. The van der Waals surface area contributed by atoms with Crippen molar-refractivity contribution < 1.29 is 4.39 Å². The topological polar surface area (TPSA) is 58.6 Å². The quantitative estimate of drug-likeness (QED) is 0.864. The van der Waals surface area contributed by atoms with E-state index in [4.69, 9.17) is 0 Å².